The predicted octanol–water partition coefficient (Wildman–Crippen LogP) is 2.01. The van der Waals surface area contributed by atoms with Gasteiger partial charge in [-0.2, -0.15) is 5.10 Å². The molecule has 0 atom stereocenters. The van der Waals surface area contributed by atoms with Crippen molar-refractivity contribution in [3.05, 3.63) is 30.2 Å². The lowest BCUT2D eigenvalue weighted by atomic mass is 9.95. The maximum absolute atomic E-state index is 4.70. The van der Waals surface area contributed by atoms with Crippen molar-refractivity contribution in [3.63, 3.8) is 0 Å². The quantitative estimate of drug-likeness (QED) is 0.801. The molecule has 0 spiro atoms. The van der Waals surface area contributed by atoms with E-state index in [0.717, 1.165) is 28.5 Å². The molecule has 0 aromatic carbocycles. The molecule has 22 heavy (non-hydrogen) atoms. The van der Waals surface area contributed by atoms with Gasteiger partial charge in [0.1, 0.15) is 17.5 Å². The molecule has 0 fully saturated rings. The third kappa shape index (κ3) is 2.54. The Bertz CT molecular complexity index is 807. The standard InChI is InChI=1S/C15H21N7/c1-15(2,3)14-19-12(10-8-18-22(5)13(10)20-14)17-9-11-16-6-7-21(11)4/h6-8H,9H2,1-5H3,(H,17,19,20). The van der Waals surface area contributed by atoms with E-state index in [-0.39, 0.29) is 5.41 Å². The minimum Gasteiger partial charge on any atom is -0.362 e. The van der Waals surface area contributed by atoms with E-state index in [9.17, 15) is 0 Å². The molecule has 0 radical (unpaired) electrons. The van der Waals surface area contributed by atoms with Crippen molar-refractivity contribution in [3.8, 4) is 0 Å². The highest BCUT2D eigenvalue weighted by molar-refractivity contribution is 5.86. The molecule has 0 unspecified atom stereocenters. The zero-order chi connectivity index (χ0) is 15.9. The molecule has 0 aliphatic rings. The number of fused-ring (bicyclic) bond motifs is 1. The fraction of sp³-hybridized carbons (Fsp3) is 0.467. The molecule has 0 amide bonds. The Balaban J connectivity index is 2.02. The summed E-state index contributed by atoms with van der Waals surface area (Å²) in [5.41, 5.74) is 0.709. The molecule has 0 saturated heterocycles. The lowest BCUT2D eigenvalue weighted by Gasteiger charge is -2.18. The molecule has 0 saturated carbocycles. The van der Waals surface area contributed by atoms with Gasteiger partial charge in [-0.25, -0.2) is 15.0 Å². The molecule has 7 heteroatoms. The van der Waals surface area contributed by atoms with Gasteiger partial charge in [-0.05, 0) is 0 Å². The van der Waals surface area contributed by atoms with Crippen LogP contribution in [0.2, 0.25) is 0 Å². The van der Waals surface area contributed by atoms with E-state index in [2.05, 4.69) is 41.2 Å². The van der Waals surface area contributed by atoms with Gasteiger partial charge in [0.2, 0.25) is 0 Å². The van der Waals surface area contributed by atoms with E-state index in [0.29, 0.717) is 6.54 Å². The first-order chi connectivity index (χ1) is 10.4. The number of imidazole rings is 1. The van der Waals surface area contributed by atoms with Crippen LogP contribution in [0.3, 0.4) is 0 Å². The van der Waals surface area contributed by atoms with Crippen molar-refractivity contribution in [1.82, 2.24) is 29.3 Å². The fourth-order valence-electron chi connectivity index (χ4n) is 2.22. The van der Waals surface area contributed by atoms with Gasteiger partial charge in [-0.3, -0.25) is 4.68 Å². The summed E-state index contributed by atoms with van der Waals surface area (Å²) in [4.78, 5) is 13.7. The van der Waals surface area contributed by atoms with Crippen molar-refractivity contribution >= 4 is 16.9 Å². The van der Waals surface area contributed by atoms with E-state index in [1.807, 2.05) is 24.9 Å². The summed E-state index contributed by atoms with van der Waals surface area (Å²) in [5, 5.41) is 8.59. The number of anilines is 1. The van der Waals surface area contributed by atoms with Crippen molar-refractivity contribution < 1.29 is 0 Å². The van der Waals surface area contributed by atoms with Crippen LogP contribution in [0.4, 0.5) is 5.82 Å². The van der Waals surface area contributed by atoms with Crippen LogP contribution < -0.4 is 5.32 Å². The second-order valence-electron chi connectivity index (χ2n) is 6.46. The van der Waals surface area contributed by atoms with E-state index in [1.54, 1.807) is 17.1 Å². The number of nitrogens with one attached hydrogen (secondary N) is 1. The predicted molar refractivity (Wildman–Crippen MR) is 85.5 cm³/mol. The first-order valence-corrected chi connectivity index (χ1v) is 7.26. The van der Waals surface area contributed by atoms with Crippen LogP contribution in [0.1, 0.15) is 32.4 Å². The number of nitrogens with zero attached hydrogens (tertiary/aromatic N) is 6. The Labute approximate surface area is 129 Å². The third-order valence-corrected chi connectivity index (χ3v) is 3.60. The van der Waals surface area contributed by atoms with E-state index < -0.39 is 0 Å². The minimum atomic E-state index is -0.127. The van der Waals surface area contributed by atoms with Crippen LogP contribution in [0.15, 0.2) is 18.6 Å². The van der Waals surface area contributed by atoms with E-state index in [4.69, 9.17) is 4.98 Å². The SMILES string of the molecule is Cn1ccnc1CNc1nc(C(C)(C)C)nc2c1cnn2C. The van der Waals surface area contributed by atoms with Crippen molar-refractivity contribution in [1.29, 1.82) is 0 Å². The topological polar surface area (TPSA) is 73.5 Å². The van der Waals surface area contributed by atoms with Crippen molar-refractivity contribution in [2.75, 3.05) is 5.32 Å². The first kappa shape index (κ1) is 14.5. The highest BCUT2D eigenvalue weighted by Gasteiger charge is 2.21. The lowest BCUT2D eigenvalue weighted by Crippen LogP contribution is -2.18. The number of hydrogen-bond acceptors (Lipinski definition) is 5. The summed E-state index contributed by atoms with van der Waals surface area (Å²) in [5.74, 6) is 2.55. The summed E-state index contributed by atoms with van der Waals surface area (Å²) in [6.07, 6.45) is 5.51. The molecule has 0 bridgehead atoms. The second kappa shape index (κ2) is 5.08. The Morgan fingerprint density at radius 1 is 1.18 bits per heavy atom. The van der Waals surface area contributed by atoms with Crippen molar-refractivity contribution in [2.24, 2.45) is 14.1 Å². The Hall–Kier alpha value is -2.44. The van der Waals surface area contributed by atoms with Crippen LogP contribution in [-0.2, 0) is 26.1 Å². The van der Waals surface area contributed by atoms with Crippen LogP contribution in [0.25, 0.3) is 11.0 Å². The Kier molecular flexibility index (Phi) is 3.35. The summed E-state index contributed by atoms with van der Waals surface area (Å²) >= 11 is 0. The molecule has 3 aromatic rings. The number of hydrogen-bond donors (Lipinski definition) is 1. The molecule has 3 heterocycles. The van der Waals surface area contributed by atoms with Crippen LogP contribution in [0.5, 0.6) is 0 Å². The summed E-state index contributed by atoms with van der Waals surface area (Å²) in [7, 11) is 3.87. The van der Waals surface area contributed by atoms with Crippen LogP contribution >= 0.6 is 0 Å². The number of aromatic nitrogens is 6. The summed E-state index contributed by atoms with van der Waals surface area (Å²) in [6.45, 7) is 6.92. The molecular formula is C15H21N7. The molecular weight excluding hydrogens is 278 g/mol. The molecule has 1 N–H and O–H groups in total. The van der Waals surface area contributed by atoms with Crippen LogP contribution in [0, 0.1) is 0 Å². The first-order valence-electron chi connectivity index (χ1n) is 7.26. The van der Waals surface area contributed by atoms with Gasteiger partial charge < -0.3 is 9.88 Å². The van der Waals surface area contributed by atoms with E-state index in [1.165, 1.54) is 0 Å². The summed E-state index contributed by atoms with van der Waals surface area (Å²) in [6, 6.07) is 0. The van der Waals surface area contributed by atoms with E-state index >= 15 is 0 Å². The highest BCUT2D eigenvalue weighted by atomic mass is 15.3. The minimum absolute atomic E-state index is 0.127. The molecule has 7 nitrogen and oxygen atoms in total. The largest absolute Gasteiger partial charge is 0.362 e. The number of rotatable bonds is 3. The average molecular weight is 299 g/mol. The second-order valence-corrected chi connectivity index (χ2v) is 6.46. The maximum Gasteiger partial charge on any atom is 0.163 e. The monoisotopic (exact) mass is 299 g/mol. The van der Waals surface area contributed by atoms with Gasteiger partial charge in [0, 0.05) is 31.9 Å². The smallest absolute Gasteiger partial charge is 0.163 e. The summed E-state index contributed by atoms with van der Waals surface area (Å²) < 4.78 is 3.76. The normalized spacial score (nSPS) is 12.0. The Morgan fingerprint density at radius 2 is 1.95 bits per heavy atom. The van der Waals surface area contributed by atoms with Gasteiger partial charge in [-0.15, -0.1) is 0 Å². The van der Waals surface area contributed by atoms with Gasteiger partial charge in [0.05, 0.1) is 18.1 Å². The van der Waals surface area contributed by atoms with Gasteiger partial charge in [0.15, 0.2) is 5.65 Å². The zero-order valence-electron chi connectivity index (χ0n) is 13.6. The third-order valence-electron chi connectivity index (χ3n) is 3.60. The molecule has 0 aliphatic heterocycles. The van der Waals surface area contributed by atoms with Gasteiger partial charge in [-0.1, -0.05) is 20.8 Å². The fourth-order valence-corrected chi connectivity index (χ4v) is 2.22. The number of aryl methyl sites for hydroxylation is 2. The van der Waals surface area contributed by atoms with Crippen LogP contribution in [-0.4, -0.2) is 29.3 Å². The van der Waals surface area contributed by atoms with Crippen molar-refractivity contribution in [2.45, 2.75) is 32.7 Å². The molecule has 116 valence electrons. The lowest BCUT2D eigenvalue weighted by molar-refractivity contribution is 0.547. The average Bonchev–Trinajstić information content (AvgIpc) is 3.02. The van der Waals surface area contributed by atoms with Gasteiger partial charge >= 0.3 is 0 Å². The Morgan fingerprint density at radius 3 is 2.59 bits per heavy atom. The highest BCUT2D eigenvalue weighted by Crippen LogP contribution is 2.25. The molecule has 3 aromatic heterocycles. The molecule has 3 rings (SSSR count). The maximum atomic E-state index is 4.70. The zero-order valence-corrected chi connectivity index (χ0v) is 13.6. The molecule has 0 aliphatic carbocycles. The van der Waals surface area contributed by atoms with Gasteiger partial charge in [0.25, 0.3) is 0 Å².